The number of pyridine rings is 1. The van der Waals surface area contributed by atoms with E-state index in [1.165, 1.54) is 19.8 Å². The Morgan fingerprint density at radius 3 is 2.29 bits per heavy atom. The molecule has 0 fully saturated rings. The Kier molecular flexibility index (Phi) is 6.49. The van der Waals surface area contributed by atoms with E-state index < -0.39 is 0 Å². The molecule has 2 rings (SSSR count). The Morgan fingerprint density at radius 2 is 1.71 bits per heavy atom. The van der Waals surface area contributed by atoms with Gasteiger partial charge in [0.05, 0.1) is 11.9 Å². The second kappa shape index (κ2) is 8.82. The van der Waals surface area contributed by atoms with Gasteiger partial charge in [-0.2, -0.15) is 0 Å². The van der Waals surface area contributed by atoms with Gasteiger partial charge in [-0.15, -0.1) is 0 Å². The molecule has 0 spiro atoms. The van der Waals surface area contributed by atoms with Crippen molar-refractivity contribution < 1.29 is 9.59 Å². The Labute approximate surface area is 142 Å². The highest BCUT2D eigenvalue weighted by molar-refractivity contribution is 6.03. The number of Topliss-reactive ketones (excluding diaryl/α,β-unsaturated/α-hetero) is 1. The van der Waals surface area contributed by atoms with Crippen LogP contribution in [0, 0.1) is 0 Å². The summed E-state index contributed by atoms with van der Waals surface area (Å²) in [4.78, 5) is 27.6. The van der Waals surface area contributed by atoms with Crippen LogP contribution in [-0.4, -0.2) is 23.2 Å². The highest BCUT2D eigenvalue weighted by Crippen LogP contribution is 2.12. The maximum atomic E-state index is 12.2. The number of hydrogen-bond donors (Lipinski definition) is 2. The van der Waals surface area contributed by atoms with Crippen LogP contribution in [-0.2, 0) is 0 Å². The first-order valence-corrected chi connectivity index (χ1v) is 8.22. The largest absolute Gasteiger partial charge is 0.384 e. The van der Waals surface area contributed by atoms with Gasteiger partial charge in [0.25, 0.3) is 5.91 Å². The zero-order valence-corrected chi connectivity index (χ0v) is 14.1. The molecular weight excluding hydrogens is 302 g/mol. The number of nitrogens with one attached hydrogen (secondary N) is 2. The SMILES string of the molecule is CCCCCNc1ccc(C(=O)Nc2ccc(C(C)=O)cc2)nc1. The number of carbonyl (C=O) groups is 2. The monoisotopic (exact) mass is 325 g/mol. The van der Waals surface area contributed by atoms with Gasteiger partial charge < -0.3 is 10.6 Å². The Hall–Kier alpha value is -2.69. The van der Waals surface area contributed by atoms with E-state index in [0.29, 0.717) is 16.9 Å². The zero-order valence-electron chi connectivity index (χ0n) is 14.1. The quantitative estimate of drug-likeness (QED) is 0.565. The molecule has 0 saturated heterocycles. The molecule has 0 radical (unpaired) electrons. The van der Waals surface area contributed by atoms with Crippen LogP contribution in [0.4, 0.5) is 11.4 Å². The summed E-state index contributed by atoms with van der Waals surface area (Å²) in [7, 11) is 0. The maximum absolute atomic E-state index is 12.2. The fourth-order valence-corrected chi connectivity index (χ4v) is 2.22. The normalized spacial score (nSPS) is 10.2. The molecule has 1 aromatic carbocycles. The zero-order chi connectivity index (χ0) is 17.4. The van der Waals surface area contributed by atoms with E-state index in [9.17, 15) is 9.59 Å². The van der Waals surface area contributed by atoms with E-state index >= 15 is 0 Å². The summed E-state index contributed by atoms with van der Waals surface area (Å²) in [6.45, 7) is 4.58. The number of nitrogens with zero attached hydrogens (tertiary/aromatic N) is 1. The van der Waals surface area contributed by atoms with Gasteiger partial charge in [-0.05, 0) is 49.7 Å². The van der Waals surface area contributed by atoms with Gasteiger partial charge in [0.1, 0.15) is 5.69 Å². The number of carbonyl (C=O) groups excluding carboxylic acids is 2. The van der Waals surface area contributed by atoms with Crippen molar-refractivity contribution in [1.29, 1.82) is 0 Å². The number of anilines is 2. The molecule has 126 valence electrons. The minimum Gasteiger partial charge on any atom is -0.384 e. The van der Waals surface area contributed by atoms with Crippen molar-refractivity contribution in [3.63, 3.8) is 0 Å². The van der Waals surface area contributed by atoms with E-state index in [1.54, 1.807) is 36.5 Å². The summed E-state index contributed by atoms with van der Waals surface area (Å²) in [6, 6.07) is 10.3. The molecule has 24 heavy (non-hydrogen) atoms. The summed E-state index contributed by atoms with van der Waals surface area (Å²) in [5.74, 6) is -0.278. The average molecular weight is 325 g/mol. The van der Waals surface area contributed by atoms with Crippen molar-refractivity contribution in [2.24, 2.45) is 0 Å². The van der Waals surface area contributed by atoms with Crippen LogP contribution in [0.15, 0.2) is 42.6 Å². The van der Waals surface area contributed by atoms with Gasteiger partial charge in [0, 0.05) is 17.8 Å². The van der Waals surface area contributed by atoms with E-state index in [-0.39, 0.29) is 11.7 Å². The van der Waals surface area contributed by atoms with Gasteiger partial charge >= 0.3 is 0 Å². The van der Waals surface area contributed by atoms with Crippen molar-refractivity contribution in [3.05, 3.63) is 53.9 Å². The molecule has 0 aliphatic heterocycles. The predicted octanol–water partition coefficient (Wildman–Crippen LogP) is 4.14. The molecule has 1 heterocycles. The molecule has 2 aromatic rings. The first kappa shape index (κ1) is 17.7. The van der Waals surface area contributed by atoms with Crippen LogP contribution in [0.3, 0.4) is 0 Å². The summed E-state index contributed by atoms with van der Waals surface area (Å²) in [6.07, 6.45) is 5.17. The van der Waals surface area contributed by atoms with Crippen molar-refractivity contribution in [2.45, 2.75) is 33.1 Å². The maximum Gasteiger partial charge on any atom is 0.274 e. The molecule has 0 aliphatic rings. The van der Waals surface area contributed by atoms with Gasteiger partial charge in [-0.1, -0.05) is 19.8 Å². The number of ketones is 1. The molecule has 1 amide bonds. The number of hydrogen-bond acceptors (Lipinski definition) is 4. The molecule has 0 saturated carbocycles. The Bertz CT molecular complexity index is 679. The van der Waals surface area contributed by atoms with Crippen LogP contribution in [0.2, 0.25) is 0 Å². The van der Waals surface area contributed by atoms with Crippen LogP contribution >= 0.6 is 0 Å². The molecule has 5 nitrogen and oxygen atoms in total. The van der Waals surface area contributed by atoms with Crippen LogP contribution in [0.1, 0.15) is 54.0 Å². The first-order valence-electron chi connectivity index (χ1n) is 8.22. The van der Waals surface area contributed by atoms with E-state index in [2.05, 4.69) is 22.5 Å². The summed E-state index contributed by atoms with van der Waals surface area (Å²) in [5, 5.41) is 6.06. The van der Waals surface area contributed by atoms with E-state index in [1.807, 2.05) is 6.07 Å². The van der Waals surface area contributed by atoms with Crippen molar-refractivity contribution in [3.8, 4) is 0 Å². The van der Waals surface area contributed by atoms with Crippen molar-refractivity contribution in [2.75, 3.05) is 17.2 Å². The molecule has 5 heteroatoms. The smallest absolute Gasteiger partial charge is 0.274 e. The average Bonchev–Trinajstić information content (AvgIpc) is 2.59. The summed E-state index contributed by atoms with van der Waals surface area (Å²) >= 11 is 0. The molecule has 0 aliphatic carbocycles. The summed E-state index contributed by atoms with van der Waals surface area (Å²) in [5.41, 5.74) is 2.51. The molecular formula is C19H23N3O2. The second-order valence-corrected chi connectivity index (χ2v) is 5.65. The molecule has 0 atom stereocenters. The highest BCUT2D eigenvalue weighted by Gasteiger charge is 2.08. The lowest BCUT2D eigenvalue weighted by atomic mass is 10.1. The number of aromatic nitrogens is 1. The molecule has 0 unspecified atom stereocenters. The molecule has 0 bridgehead atoms. The number of benzene rings is 1. The Balaban J connectivity index is 1.91. The van der Waals surface area contributed by atoms with Crippen LogP contribution in [0.5, 0.6) is 0 Å². The van der Waals surface area contributed by atoms with E-state index in [4.69, 9.17) is 0 Å². The van der Waals surface area contributed by atoms with Gasteiger partial charge in [0.15, 0.2) is 5.78 Å². The second-order valence-electron chi connectivity index (χ2n) is 5.65. The number of amides is 1. The van der Waals surface area contributed by atoms with Crippen LogP contribution in [0.25, 0.3) is 0 Å². The van der Waals surface area contributed by atoms with Crippen LogP contribution < -0.4 is 10.6 Å². The highest BCUT2D eigenvalue weighted by atomic mass is 16.2. The molecule has 1 aromatic heterocycles. The topological polar surface area (TPSA) is 71.1 Å². The molecule has 2 N–H and O–H groups in total. The van der Waals surface area contributed by atoms with Gasteiger partial charge in [-0.25, -0.2) is 4.98 Å². The van der Waals surface area contributed by atoms with E-state index in [0.717, 1.165) is 18.7 Å². The fraction of sp³-hybridized carbons (Fsp3) is 0.316. The summed E-state index contributed by atoms with van der Waals surface area (Å²) < 4.78 is 0. The lowest BCUT2D eigenvalue weighted by Crippen LogP contribution is -2.14. The fourth-order valence-electron chi connectivity index (χ4n) is 2.22. The third kappa shape index (κ3) is 5.19. The standard InChI is InChI=1S/C19H23N3O2/c1-3-4-5-12-20-17-10-11-18(21-13-17)19(24)22-16-8-6-15(7-9-16)14(2)23/h6-11,13,20H,3-5,12H2,1-2H3,(H,22,24). The van der Waals surface area contributed by atoms with Gasteiger partial charge in [0.2, 0.25) is 0 Å². The minimum absolute atomic E-state index is 0.00318. The number of unbranched alkanes of at least 4 members (excludes halogenated alkanes) is 2. The first-order chi connectivity index (χ1) is 11.6. The lowest BCUT2D eigenvalue weighted by molar-refractivity contribution is 0.101. The minimum atomic E-state index is -0.275. The van der Waals surface area contributed by atoms with Gasteiger partial charge in [-0.3, -0.25) is 9.59 Å². The van der Waals surface area contributed by atoms with Crippen molar-refractivity contribution in [1.82, 2.24) is 4.98 Å². The lowest BCUT2D eigenvalue weighted by Gasteiger charge is -2.08. The third-order valence-electron chi connectivity index (χ3n) is 3.65. The predicted molar refractivity (Wildman–Crippen MR) is 96.7 cm³/mol. The Morgan fingerprint density at radius 1 is 1.00 bits per heavy atom. The third-order valence-corrected chi connectivity index (χ3v) is 3.65. The number of rotatable bonds is 8. The van der Waals surface area contributed by atoms with Crippen molar-refractivity contribution >= 4 is 23.1 Å².